The highest BCUT2D eigenvalue weighted by Gasteiger charge is 2.21. The van der Waals surface area contributed by atoms with Crippen molar-refractivity contribution in [3.8, 4) is 11.5 Å². The number of nitrogens with one attached hydrogen (secondary N) is 1. The lowest BCUT2D eigenvalue weighted by atomic mass is 10.1. The van der Waals surface area contributed by atoms with Gasteiger partial charge in [-0.25, -0.2) is 8.42 Å². The third-order valence-corrected chi connectivity index (χ3v) is 6.21. The number of benzene rings is 2. The van der Waals surface area contributed by atoms with Crippen LogP contribution in [0.15, 0.2) is 47.4 Å². The van der Waals surface area contributed by atoms with E-state index >= 15 is 0 Å². The van der Waals surface area contributed by atoms with E-state index in [1.54, 1.807) is 30.3 Å². The molecular weight excluding hydrogens is 380 g/mol. The molecule has 7 nitrogen and oxygen atoms in total. The molecule has 4 rings (SSSR count). The van der Waals surface area contributed by atoms with Crippen LogP contribution in [0, 0.1) is 0 Å². The maximum absolute atomic E-state index is 12.8. The molecule has 8 heteroatoms. The number of amides is 1. The van der Waals surface area contributed by atoms with E-state index in [1.165, 1.54) is 12.1 Å². The van der Waals surface area contributed by atoms with Gasteiger partial charge >= 0.3 is 0 Å². The Morgan fingerprint density at radius 1 is 0.929 bits per heavy atom. The lowest BCUT2D eigenvalue weighted by molar-refractivity contribution is 0.0724. The molecular formula is C20H22N2O5S. The second-order valence-corrected chi connectivity index (χ2v) is 8.53. The molecule has 1 amide bonds. The molecule has 1 fully saturated rings. The molecule has 2 aliphatic rings. The van der Waals surface area contributed by atoms with Crippen molar-refractivity contribution in [1.82, 2.24) is 4.90 Å². The Balaban J connectivity index is 1.54. The van der Waals surface area contributed by atoms with Crippen molar-refractivity contribution >= 4 is 21.6 Å². The predicted molar refractivity (Wildman–Crippen MR) is 104 cm³/mol. The Kier molecular flexibility index (Phi) is 5.13. The van der Waals surface area contributed by atoms with Gasteiger partial charge in [0, 0.05) is 30.4 Å². The zero-order chi connectivity index (χ0) is 19.6. The molecule has 0 aromatic heterocycles. The second-order valence-electron chi connectivity index (χ2n) is 6.84. The molecule has 148 valence electrons. The first kappa shape index (κ1) is 18.6. The molecule has 0 atom stereocenters. The summed E-state index contributed by atoms with van der Waals surface area (Å²) in [4.78, 5) is 14.6. The van der Waals surface area contributed by atoms with Crippen LogP contribution < -0.4 is 14.2 Å². The van der Waals surface area contributed by atoms with E-state index in [0.29, 0.717) is 36.0 Å². The van der Waals surface area contributed by atoms with Crippen molar-refractivity contribution in [3.63, 3.8) is 0 Å². The van der Waals surface area contributed by atoms with Crippen LogP contribution in [-0.2, 0) is 10.0 Å². The number of carbonyl (C=O) groups is 1. The number of nitrogens with zero attached hydrogens (tertiary/aromatic N) is 1. The lowest BCUT2D eigenvalue weighted by Gasteiger charge is -2.26. The van der Waals surface area contributed by atoms with Gasteiger partial charge in [0.05, 0.1) is 4.90 Å². The summed E-state index contributed by atoms with van der Waals surface area (Å²) in [5.41, 5.74) is 0.821. The molecule has 0 radical (unpaired) electrons. The number of carbonyl (C=O) groups excluding carboxylic acids is 1. The van der Waals surface area contributed by atoms with Crippen LogP contribution in [0.2, 0.25) is 0 Å². The summed E-state index contributed by atoms with van der Waals surface area (Å²) in [7, 11) is -3.82. The molecule has 0 aliphatic carbocycles. The number of piperidine rings is 1. The summed E-state index contributed by atoms with van der Waals surface area (Å²) in [5.74, 6) is 0.863. The van der Waals surface area contributed by atoms with Gasteiger partial charge in [0.2, 0.25) is 0 Å². The number of likely N-dealkylation sites (tertiary alicyclic amines) is 1. The average molecular weight is 402 g/mol. The number of rotatable bonds is 4. The average Bonchev–Trinajstić information content (AvgIpc) is 2.73. The van der Waals surface area contributed by atoms with Crippen LogP contribution in [0.4, 0.5) is 5.69 Å². The van der Waals surface area contributed by atoms with Crippen LogP contribution in [0.1, 0.15) is 29.6 Å². The fraction of sp³-hybridized carbons (Fsp3) is 0.350. The monoisotopic (exact) mass is 402 g/mol. The smallest absolute Gasteiger partial charge is 0.262 e. The van der Waals surface area contributed by atoms with Crippen molar-refractivity contribution in [2.45, 2.75) is 24.2 Å². The minimum absolute atomic E-state index is 0.0694. The fourth-order valence-electron chi connectivity index (χ4n) is 3.40. The molecule has 0 bridgehead atoms. The Morgan fingerprint density at radius 2 is 1.68 bits per heavy atom. The van der Waals surface area contributed by atoms with Gasteiger partial charge in [-0.1, -0.05) is 6.07 Å². The number of sulfonamides is 1. The van der Waals surface area contributed by atoms with Gasteiger partial charge in [-0.15, -0.1) is 0 Å². The number of hydrogen-bond acceptors (Lipinski definition) is 5. The quantitative estimate of drug-likeness (QED) is 0.850. The van der Waals surface area contributed by atoms with Crippen LogP contribution in [0.25, 0.3) is 0 Å². The first-order valence-electron chi connectivity index (χ1n) is 9.35. The number of ether oxygens (including phenoxy) is 2. The molecule has 0 spiro atoms. The van der Waals surface area contributed by atoms with E-state index in [-0.39, 0.29) is 10.8 Å². The molecule has 1 N–H and O–H groups in total. The Labute approximate surface area is 164 Å². The van der Waals surface area contributed by atoms with Crippen LogP contribution in [0.5, 0.6) is 11.5 Å². The Morgan fingerprint density at radius 3 is 2.46 bits per heavy atom. The first-order valence-corrected chi connectivity index (χ1v) is 10.8. The van der Waals surface area contributed by atoms with Crippen molar-refractivity contribution in [3.05, 3.63) is 48.0 Å². The van der Waals surface area contributed by atoms with E-state index in [9.17, 15) is 13.2 Å². The summed E-state index contributed by atoms with van der Waals surface area (Å²) >= 11 is 0. The molecule has 0 saturated carbocycles. The highest BCUT2D eigenvalue weighted by atomic mass is 32.2. The normalized spacial score (nSPS) is 16.5. The van der Waals surface area contributed by atoms with Gasteiger partial charge < -0.3 is 14.4 Å². The fourth-order valence-corrected chi connectivity index (χ4v) is 4.46. The summed E-state index contributed by atoms with van der Waals surface area (Å²) in [6, 6.07) is 11.1. The number of hydrogen-bond donors (Lipinski definition) is 1. The van der Waals surface area contributed by atoms with Gasteiger partial charge in [0.1, 0.15) is 13.2 Å². The van der Waals surface area contributed by atoms with Gasteiger partial charge in [0.15, 0.2) is 11.5 Å². The summed E-state index contributed by atoms with van der Waals surface area (Å²) in [6.45, 7) is 2.30. The highest BCUT2D eigenvalue weighted by Crippen LogP contribution is 2.32. The lowest BCUT2D eigenvalue weighted by Crippen LogP contribution is -2.35. The predicted octanol–water partition coefficient (Wildman–Crippen LogP) is 2.88. The van der Waals surface area contributed by atoms with Gasteiger partial charge in [0.25, 0.3) is 15.9 Å². The first-order chi connectivity index (χ1) is 13.5. The van der Waals surface area contributed by atoms with Crippen molar-refractivity contribution in [2.24, 2.45) is 0 Å². The van der Waals surface area contributed by atoms with Crippen molar-refractivity contribution in [2.75, 3.05) is 31.0 Å². The van der Waals surface area contributed by atoms with E-state index in [1.807, 2.05) is 4.90 Å². The van der Waals surface area contributed by atoms with Gasteiger partial charge in [-0.2, -0.15) is 0 Å². The van der Waals surface area contributed by atoms with Crippen LogP contribution in [0.3, 0.4) is 0 Å². The molecule has 2 aromatic carbocycles. The van der Waals surface area contributed by atoms with Crippen molar-refractivity contribution < 1.29 is 22.7 Å². The molecule has 2 aromatic rings. The van der Waals surface area contributed by atoms with E-state index in [4.69, 9.17) is 9.47 Å². The van der Waals surface area contributed by atoms with Gasteiger partial charge in [-0.3, -0.25) is 9.52 Å². The molecule has 1 saturated heterocycles. The summed E-state index contributed by atoms with van der Waals surface area (Å²) in [5, 5.41) is 0. The van der Waals surface area contributed by atoms with E-state index in [0.717, 1.165) is 32.4 Å². The molecule has 2 aliphatic heterocycles. The third kappa shape index (κ3) is 3.91. The SMILES string of the molecule is O=C(c1cccc(NS(=O)(=O)c2ccc3c(c2)OCCO3)c1)N1CCCCC1. The zero-order valence-electron chi connectivity index (χ0n) is 15.4. The minimum Gasteiger partial charge on any atom is -0.486 e. The number of anilines is 1. The highest BCUT2D eigenvalue weighted by molar-refractivity contribution is 7.92. The summed E-state index contributed by atoms with van der Waals surface area (Å²) in [6.07, 6.45) is 3.14. The largest absolute Gasteiger partial charge is 0.486 e. The second kappa shape index (κ2) is 7.71. The van der Waals surface area contributed by atoms with Gasteiger partial charge in [-0.05, 0) is 49.6 Å². The minimum atomic E-state index is -3.82. The van der Waals surface area contributed by atoms with E-state index < -0.39 is 10.0 Å². The Hall–Kier alpha value is -2.74. The summed E-state index contributed by atoms with van der Waals surface area (Å²) < 4.78 is 39.0. The Bertz CT molecular complexity index is 984. The zero-order valence-corrected chi connectivity index (χ0v) is 16.2. The number of fused-ring (bicyclic) bond motifs is 1. The maximum atomic E-state index is 12.8. The van der Waals surface area contributed by atoms with Crippen LogP contribution >= 0.6 is 0 Å². The third-order valence-electron chi connectivity index (χ3n) is 4.83. The molecule has 2 heterocycles. The van der Waals surface area contributed by atoms with Crippen LogP contribution in [-0.4, -0.2) is 45.5 Å². The standard InChI is InChI=1S/C20H22N2O5S/c23-20(22-9-2-1-3-10-22)15-5-4-6-16(13-15)21-28(24,25)17-7-8-18-19(14-17)27-12-11-26-18/h4-8,13-14,21H,1-3,9-12H2. The van der Waals surface area contributed by atoms with E-state index in [2.05, 4.69) is 4.72 Å². The molecule has 28 heavy (non-hydrogen) atoms. The van der Waals surface area contributed by atoms with Crippen molar-refractivity contribution in [1.29, 1.82) is 0 Å². The topological polar surface area (TPSA) is 84.9 Å². The maximum Gasteiger partial charge on any atom is 0.262 e. The molecule has 0 unspecified atom stereocenters.